The number of thioether (sulfide) groups is 1. The molecular weight excluding hydrogens is 572 g/mol. The van der Waals surface area contributed by atoms with Crippen LogP contribution in [0.2, 0.25) is 5.02 Å². The van der Waals surface area contributed by atoms with E-state index < -0.39 is 28.4 Å². The van der Waals surface area contributed by atoms with Crippen LogP contribution in [0.3, 0.4) is 0 Å². The molecule has 8 nitrogen and oxygen atoms in total. The monoisotopic (exact) mass is 586 g/mol. The Hall–Kier alpha value is -3.47. The first-order chi connectivity index (χ1) is 17.2. The lowest BCUT2D eigenvalue weighted by atomic mass is 10.1. The van der Waals surface area contributed by atoms with E-state index in [1.54, 1.807) is 36.4 Å². The van der Waals surface area contributed by atoms with Crippen molar-refractivity contribution in [3.05, 3.63) is 108 Å². The molecule has 1 aliphatic heterocycles. The highest BCUT2D eigenvalue weighted by Crippen LogP contribution is 2.34. The van der Waals surface area contributed by atoms with Crippen LogP contribution < -0.4 is 4.74 Å². The zero-order valence-electron chi connectivity index (χ0n) is 18.4. The summed E-state index contributed by atoms with van der Waals surface area (Å²) in [5.41, 5.74) is 1.62. The molecule has 1 saturated heterocycles. The summed E-state index contributed by atoms with van der Waals surface area (Å²) in [5.74, 6) is -0.485. The number of amides is 2. The summed E-state index contributed by atoms with van der Waals surface area (Å²) in [4.78, 5) is 49.0. The lowest BCUT2D eigenvalue weighted by molar-refractivity contribution is -0.384. The molecule has 11 heteroatoms. The van der Waals surface area contributed by atoms with Gasteiger partial charge in [-0.15, -0.1) is 0 Å². The summed E-state index contributed by atoms with van der Waals surface area (Å²) in [6, 6.07) is 17.5. The third kappa shape index (κ3) is 6.01. The van der Waals surface area contributed by atoms with Crippen molar-refractivity contribution in [3.8, 4) is 5.75 Å². The molecule has 0 aromatic heterocycles. The van der Waals surface area contributed by atoms with E-state index in [2.05, 4.69) is 15.9 Å². The number of ketones is 1. The van der Waals surface area contributed by atoms with Gasteiger partial charge in [0.15, 0.2) is 5.78 Å². The summed E-state index contributed by atoms with van der Waals surface area (Å²) in [6.45, 7) is -0.113. The Morgan fingerprint density at radius 2 is 1.78 bits per heavy atom. The van der Waals surface area contributed by atoms with Crippen molar-refractivity contribution >= 4 is 68.0 Å². The Morgan fingerprint density at radius 3 is 2.42 bits per heavy atom. The summed E-state index contributed by atoms with van der Waals surface area (Å²) in [7, 11) is 0. The van der Waals surface area contributed by atoms with Crippen molar-refractivity contribution in [3.63, 3.8) is 0 Å². The number of nitro groups is 1. The van der Waals surface area contributed by atoms with E-state index in [0.717, 1.165) is 22.2 Å². The Labute approximate surface area is 223 Å². The molecule has 1 heterocycles. The zero-order chi connectivity index (χ0) is 25.8. The number of halogens is 2. The number of hydrogen-bond donors (Lipinski definition) is 0. The van der Waals surface area contributed by atoms with Gasteiger partial charge in [-0.1, -0.05) is 29.8 Å². The molecule has 0 aliphatic carbocycles. The summed E-state index contributed by atoms with van der Waals surface area (Å²) in [5, 5.41) is 10.9. The van der Waals surface area contributed by atoms with Crippen LogP contribution in [0.5, 0.6) is 5.75 Å². The SMILES string of the molecule is O=C(CN1C(=O)S/C(=C/c2ccc(OCc3ccc(Cl)cc3)c(Br)c2)C1=O)c1ccc([N+](=O)[O-])cc1. The van der Waals surface area contributed by atoms with Crippen molar-refractivity contribution in [2.45, 2.75) is 6.61 Å². The minimum atomic E-state index is -0.584. The lowest BCUT2D eigenvalue weighted by Gasteiger charge is -2.11. The fourth-order valence-electron chi connectivity index (χ4n) is 3.26. The Kier molecular flexibility index (Phi) is 7.88. The van der Waals surface area contributed by atoms with Crippen molar-refractivity contribution in [2.24, 2.45) is 0 Å². The molecule has 182 valence electrons. The van der Waals surface area contributed by atoms with Crippen LogP contribution in [0.25, 0.3) is 6.08 Å². The van der Waals surface area contributed by atoms with E-state index in [1.165, 1.54) is 24.3 Å². The largest absolute Gasteiger partial charge is 0.488 e. The second-order valence-corrected chi connectivity index (χ2v) is 9.88. The smallest absolute Gasteiger partial charge is 0.293 e. The molecule has 2 amide bonds. The van der Waals surface area contributed by atoms with Crippen molar-refractivity contribution in [1.29, 1.82) is 0 Å². The minimum Gasteiger partial charge on any atom is -0.488 e. The van der Waals surface area contributed by atoms with Crippen molar-refractivity contribution in [2.75, 3.05) is 6.54 Å². The second kappa shape index (κ2) is 11.1. The number of benzene rings is 3. The number of carbonyl (C=O) groups excluding carboxylic acids is 3. The van der Waals surface area contributed by atoms with Crippen LogP contribution >= 0.6 is 39.3 Å². The summed E-state index contributed by atoms with van der Waals surface area (Å²) >= 11 is 10.1. The quantitative estimate of drug-likeness (QED) is 0.128. The molecule has 0 bridgehead atoms. The second-order valence-electron chi connectivity index (χ2n) is 7.60. The number of Topliss-reactive ketones (excluding diaryl/α,β-unsaturated/α-hetero) is 1. The number of nitro benzene ring substituents is 1. The Morgan fingerprint density at radius 1 is 1.08 bits per heavy atom. The van der Waals surface area contributed by atoms with E-state index in [0.29, 0.717) is 27.4 Å². The van der Waals surface area contributed by atoms with Gasteiger partial charge in [0.25, 0.3) is 16.8 Å². The predicted molar refractivity (Wildman–Crippen MR) is 140 cm³/mol. The molecule has 1 fully saturated rings. The first kappa shape index (κ1) is 25.6. The molecule has 3 aromatic rings. The highest BCUT2D eigenvalue weighted by Gasteiger charge is 2.36. The van der Waals surface area contributed by atoms with Gasteiger partial charge in [-0.2, -0.15) is 0 Å². The van der Waals surface area contributed by atoms with E-state index in [1.807, 2.05) is 12.1 Å². The van der Waals surface area contributed by atoms with Gasteiger partial charge >= 0.3 is 0 Å². The number of nitrogens with zero attached hydrogens (tertiary/aromatic N) is 2. The van der Waals surface area contributed by atoms with E-state index >= 15 is 0 Å². The maximum absolute atomic E-state index is 12.8. The number of ether oxygens (including phenoxy) is 1. The van der Waals surface area contributed by atoms with Gasteiger partial charge in [0.2, 0.25) is 0 Å². The fourth-order valence-corrected chi connectivity index (χ4v) is 4.73. The van der Waals surface area contributed by atoms with Crippen LogP contribution in [0, 0.1) is 10.1 Å². The maximum atomic E-state index is 12.8. The average molecular weight is 588 g/mol. The number of rotatable bonds is 8. The lowest BCUT2D eigenvalue weighted by Crippen LogP contribution is -2.33. The summed E-state index contributed by atoms with van der Waals surface area (Å²) < 4.78 is 6.49. The van der Waals surface area contributed by atoms with Crippen LogP contribution in [-0.2, 0) is 11.4 Å². The Balaban J connectivity index is 1.42. The molecule has 3 aromatic carbocycles. The van der Waals surface area contributed by atoms with Gasteiger partial charge in [0.1, 0.15) is 12.4 Å². The Bertz CT molecular complexity index is 1390. The fraction of sp³-hybridized carbons (Fsp3) is 0.0800. The number of non-ortho nitro benzene ring substituents is 1. The van der Waals surface area contributed by atoms with Gasteiger partial charge in [0.05, 0.1) is 20.8 Å². The zero-order valence-corrected chi connectivity index (χ0v) is 21.5. The van der Waals surface area contributed by atoms with Crippen LogP contribution in [0.4, 0.5) is 10.5 Å². The third-order valence-corrected chi connectivity index (χ3v) is 6.92. The standard InChI is InChI=1S/C25H16BrClN2O6S/c26-20-11-16(3-10-22(20)35-14-15-1-6-18(27)7-2-15)12-23-24(31)28(25(32)36-23)13-21(30)17-4-8-19(9-5-17)29(33)34/h1-12H,13-14H2/b23-12+. The summed E-state index contributed by atoms with van der Waals surface area (Å²) in [6.07, 6.45) is 1.56. The molecule has 0 saturated carbocycles. The molecular formula is C25H16BrClN2O6S. The molecule has 0 unspecified atom stereocenters. The van der Waals surface area contributed by atoms with E-state index in [-0.39, 0.29) is 16.2 Å². The van der Waals surface area contributed by atoms with E-state index in [9.17, 15) is 24.5 Å². The van der Waals surface area contributed by atoms with E-state index in [4.69, 9.17) is 16.3 Å². The number of hydrogen-bond acceptors (Lipinski definition) is 7. The highest BCUT2D eigenvalue weighted by molar-refractivity contribution is 9.10. The molecule has 0 radical (unpaired) electrons. The van der Waals surface area contributed by atoms with Gasteiger partial charge in [-0.3, -0.25) is 29.4 Å². The first-order valence-corrected chi connectivity index (χ1v) is 12.4. The van der Waals surface area contributed by atoms with Crippen LogP contribution in [0.1, 0.15) is 21.5 Å². The highest BCUT2D eigenvalue weighted by atomic mass is 79.9. The maximum Gasteiger partial charge on any atom is 0.293 e. The number of carbonyl (C=O) groups is 3. The van der Waals surface area contributed by atoms with Gasteiger partial charge in [-0.25, -0.2) is 0 Å². The average Bonchev–Trinajstić information content (AvgIpc) is 3.11. The van der Waals surface area contributed by atoms with Crippen molar-refractivity contribution < 1.29 is 24.0 Å². The van der Waals surface area contributed by atoms with Crippen molar-refractivity contribution in [1.82, 2.24) is 4.90 Å². The molecule has 0 atom stereocenters. The van der Waals surface area contributed by atoms with Crippen LogP contribution in [-0.4, -0.2) is 33.3 Å². The topological polar surface area (TPSA) is 107 Å². The molecule has 0 N–H and O–H groups in total. The predicted octanol–water partition coefficient (Wildman–Crippen LogP) is 6.51. The number of imide groups is 1. The molecule has 0 spiro atoms. The van der Waals surface area contributed by atoms with Gasteiger partial charge < -0.3 is 4.74 Å². The molecule has 4 rings (SSSR count). The third-order valence-electron chi connectivity index (χ3n) is 5.14. The van der Waals surface area contributed by atoms with Gasteiger partial charge in [-0.05, 0) is 81.3 Å². The molecule has 36 heavy (non-hydrogen) atoms. The molecule has 1 aliphatic rings. The normalized spacial score (nSPS) is 14.4. The van der Waals surface area contributed by atoms with Gasteiger partial charge in [0, 0.05) is 22.7 Å². The van der Waals surface area contributed by atoms with Crippen LogP contribution in [0.15, 0.2) is 76.1 Å². The minimum absolute atomic E-state index is 0.159. The first-order valence-electron chi connectivity index (χ1n) is 10.4.